The predicted molar refractivity (Wildman–Crippen MR) is 72.0 cm³/mol. The Labute approximate surface area is 101 Å². The van der Waals surface area contributed by atoms with Gasteiger partial charge in [0.15, 0.2) is 8.32 Å². The Morgan fingerprint density at radius 2 is 1.94 bits per heavy atom. The van der Waals surface area contributed by atoms with Gasteiger partial charge in [-0.15, -0.1) is 0 Å². The summed E-state index contributed by atoms with van der Waals surface area (Å²) in [6, 6.07) is 9.18. The van der Waals surface area contributed by atoms with Crippen LogP contribution in [-0.2, 0) is 11.0 Å². The van der Waals surface area contributed by atoms with Crippen LogP contribution in [0.4, 0.5) is 0 Å². The van der Waals surface area contributed by atoms with Gasteiger partial charge in [-0.05, 0) is 48.3 Å². The molecule has 0 heterocycles. The summed E-state index contributed by atoms with van der Waals surface area (Å²) in [5.74, 6) is 0. The van der Waals surface area contributed by atoms with E-state index in [9.17, 15) is 0 Å². The molecule has 89 valence electrons. The first-order chi connectivity index (χ1) is 7.24. The van der Waals surface area contributed by atoms with Gasteiger partial charge in [0.1, 0.15) is 0 Å². The second kappa shape index (κ2) is 4.72. The lowest BCUT2D eigenvalue weighted by molar-refractivity contribution is 0.275. The molecule has 2 heteroatoms. The number of hydrogen-bond acceptors (Lipinski definition) is 1. The normalized spacial score (nSPS) is 12.9. The highest BCUT2D eigenvalue weighted by molar-refractivity contribution is 6.74. The first-order valence-electron chi connectivity index (χ1n) is 5.83. The molecule has 1 rings (SSSR count). The SMILES string of the molecule is Cc1cc[c]cc1CO[Si](C)(C)C(C)(C)C. The third kappa shape index (κ3) is 3.19. The van der Waals surface area contributed by atoms with Crippen molar-refractivity contribution in [3.63, 3.8) is 0 Å². The molecule has 0 amide bonds. The van der Waals surface area contributed by atoms with Crippen LogP contribution in [0.25, 0.3) is 0 Å². The smallest absolute Gasteiger partial charge is 0.192 e. The molecule has 0 saturated heterocycles. The van der Waals surface area contributed by atoms with Crippen LogP contribution in [0, 0.1) is 13.0 Å². The maximum absolute atomic E-state index is 6.18. The highest BCUT2D eigenvalue weighted by Gasteiger charge is 2.37. The molecule has 1 aromatic rings. The summed E-state index contributed by atoms with van der Waals surface area (Å²) in [6.07, 6.45) is 0. The van der Waals surface area contributed by atoms with Crippen molar-refractivity contribution < 1.29 is 4.43 Å². The average Bonchev–Trinajstić information content (AvgIpc) is 2.15. The van der Waals surface area contributed by atoms with Crippen LogP contribution >= 0.6 is 0 Å². The maximum atomic E-state index is 6.18. The average molecular weight is 235 g/mol. The maximum Gasteiger partial charge on any atom is 0.192 e. The topological polar surface area (TPSA) is 9.23 Å². The molecule has 0 unspecified atom stereocenters. The van der Waals surface area contributed by atoms with E-state index < -0.39 is 8.32 Å². The van der Waals surface area contributed by atoms with E-state index >= 15 is 0 Å². The molecule has 0 fully saturated rings. The van der Waals surface area contributed by atoms with E-state index in [1.807, 2.05) is 12.1 Å². The van der Waals surface area contributed by atoms with Gasteiger partial charge in [0.25, 0.3) is 0 Å². The summed E-state index contributed by atoms with van der Waals surface area (Å²) in [7, 11) is -1.62. The number of hydrogen-bond donors (Lipinski definition) is 0. The number of rotatable bonds is 3. The Kier molecular flexibility index (Phi) is 3.97. The van der Waals surface area contributed by atoms with E-state index in [-0.39, 0.29) is 5.04 Å². The molecule has 0 aliphatic carbocycles. The number of benzene rings is 1. The Balaban J connectivity index is 2.69. The molecular formula is C14H23OSi. The van der Waals surface area contributed by atoms with E-state index in [1.54, 1.807) is 0 Å². The van der Waals surface area contributed by atoms with Gasteiger partial charge in [0.2, 0.25) is 0 Å². The van der Waals surface area contributed by atoms with Gasteiger partial charge < -0.3 is 4.43 Å². The first kappa shape index (κ1) is 13.5. The Morgan fingerprint density at radius 3 is 2.44 bits per heavy atom. The molecular weight excluding hydrogens is 212 g/mol. The van der Waals surface area contributed by atoms with Crippen molar-refractivity contribution in [2.45, 2.75) is 52.4 Å². The zero-order valence-electron chi connectivity index (χ0n) is 11.3. The lowest BCUT2D eigenvalue weighted by Gasteiger charge is -2.36. The van der Waals surface area contributed by atoms with Gasteiger partial charge in [0.05, 0.1) is 6.61 Å². The summed E-state index contributed by atoms with van der Waals surface area (Å²) < 4.78 is 6.18. The lowest BCUT2D eigenvalue weighted by atomic mass is 10.1. The van der Waals surface area contributed by atoms with Crippen LogP contribution in [0.5, 0.6) is 0 Å². The van der Waals surface area contributed by atoms with Gasteiger partial charge >= 0.3 is 0 Å². The van der Waals surface area contributed by atoms with Crippen molar-refractivity contribution in [3.05, 3.63) is 35.4 Å². The zero-order chi connectivity index (χ0) is 12.4. The van der Waals surface area contributed by atoms with E-state index in [0.717, 1.165) is 6.61 Å². The van der Waals surface area contributed by atoms with Crippen LogP contribution in [0.2, 0.25) is 18.1 Å². The predicted octanol–water partition coefficient (Wildman–Crippen LogP) is 4.32. The second-order valence-corrected chi connectivity index (χ2v) is 10.7. The Morgan fingerprint density at radius 1 is 1.31 bits per heavy atom. The van der Waals surface area contributed by atoms with Crippen LogP contribution in [-0.4, -0.2) is 8.32 Å². The van der Waals surface area contributed by atoms with Gasteiger partial charge in [-0.3, -0.25) is 0 Å². The Bertz CT molecular complexity index is 350. The highest BCUT2D eigenvalue weighted by Crippen LogP contribution is 2.37. The van der Waals surface area contributed by atoms with E-state index in [1.165, 1.54) is 11.1 Å². The standard InChI is InChI=1S/C14H23OSi/c1-12-9-7-8-10-13(12)11-15-16(5,6)14(2,3)4/h7,9-10H,11H2,1-6H3. The molecule has 0 atom stereocenters. The molecule has 0 bridgehead atoms. The summed E-state index contributed by atoms with van der Waals surface area (Å²) >= 11 is 0. The van der Waals surface area contributed by atoms with Crippen molar-refractivity contribution >= 4 is 8.32 Å². The van der Waals surface area contributed by atoms with Crippen molar-refractivity contribution in [2.24, 2.45) is 0 Å². The Hall–Kier alpha value is -0.603. The molecule has 0 aliphatic heterocycles. The first-order valence-corrected chi connectivity index (χ1v) is 8.74. The van der Waals surface area contributed by atoms with Crippen molar-refractivity contribution in [2.75, 3.05) is 0 Å². The van der Waals surface area contributed by atoms with Crippen LogP contribution in [0.1, 0.15) is 31.9 Å². The minimum Gasteiger partial charge on any atom is -0.413 e. The zero-order valence-corrected chi connectivity index (χ0v) is 12.3. The molecule has 0 spiro atoms. The van der Waals surface area contributed by atoms with Crippen LogP contribution in [0.15, 0.2) is 18.2 Å². The van der Waals surface area contributed by atoms with Gasteiger partial charge in [0, 0.05) is 0 Å². The molecule has 0 N–H and O–H groups in total. The molecule has 0 aromatic heterocycles. The molecule has 0 saturated carbocycles. The molecule has 1 radical (unpaired) electrons. The lowest BCUT2D eigenvalue weighted by Crippen LogP contribution is -2.40. The molecule has 1 nitrogen and oxygen atoms in total. The van der Waals surface area contributed by atoms with E-state index in [0.29, 0.717) is 0 Å². The summed E-state index contributed by atoms with van der Waals surface area (Å²) in [6.45, 7) is 14.2. The van der Waals surface area contributed by atoms with Gasteiger partial charge in [-0.2, -0.15) is 0 Å². The third-order valence-corrected chi connectivity index (χ3v) is 8.07. The second-order valence-electron chi connectivity index (χ2n) is 5.90. The largest absolute Gasteiger partial charge is 0.413 e. The fourth-order valence-corrected chi connectivity index (χ4v) is 2.12. The summed E-state index contributed by atoms with van der Waals surface area (Å²) in [4.78, 5) is 0. The minimum atomic E-state index is -1.62. The van der Waals surface area contributed by atoms with Crippen LogP contribution in [0.3, 0.4) is 0 Å². The quantitative estimate of drug-likeness (QED) is 0.709. The van der Waals surface area contributed by atoms with E-state index in [4.69, 9.17) is 4.43 Å². The monoisotopic (exact) mass is 235 g/mol. The van der Waals surface area contributed by atoms with Gasteiger partial charge in [-0.1, -0.05) is 32.9 Å². The van der Waals surface area contributed by atoms with Crippen molar-refractivity contribution in [1.29, 1.82) is 0 Å². The summed E-state index contributed by atoms with van der Waals surface area (Å²) in [5, 5.41) is 0.277. The molecule has 0 aliphatic rings. The highest BCUT2D eigenvalue weighted by atomic mass is 28.4. The summed E-state index contributed by atoms with van der Waals surface area (Å²) in [5.41, 5.74) is 2.55. The fraction of sp³-hybridized carbons (Fsp3) is 0.571. The minimum absolute atomic E-state index is 0.277. The van der Waals surface area contributed by atoms with Crippen LogP contribution < -0.4 is 0 Å². The van der Waals surface area contributed by atoms with E-state index in [2.05, 4.69) is 52.9 Å². The van der Waals surface area contributed by atoms with Crippen molar-refractivity contribution in [3.8, 4) is 0 Å². The molecule has 1 aromatic carbocycles. The van der Waals surface area contributed by atoms with Gasteiger partial charge in [-0.25, -0.2) is 0 Å². The number of aryl methyl sites for hydroxylation is 1. The fourth-order valence-electron chi connectivity index (χ4n) is 1.17. The van der Waals surface area contributed by atoms with Crippen molar-refractivity contribution in [1.82, 2.24) is 0 Å². The third-order valence-electron chi connectivity index (χ3n) is 3.59. The molecule has 16 heavy (non-hydrogen) atoms.